The number of rotatable bonds is 3. The first kappa shape index (κ1) is 15.3. The van der Waals surface area contributed by atoms with Gasteiger partial charge in [-0.15, -0.1) is 0 Å². The largest absolute Gasteiger partial charge is 0.444 e. The average molecular weight is 255 g/mol. The van der Waals surface area contributed by atoms with Crippen LogP contribution in [-0.4, -0.2) is 29.2 Å². The molecule has 1 fully saturated rings. The Kier molecular flexibility index (Phi) is 5.06. The maximum Gasteiger partial charge on any atom is 0.410 e. The highest BCUT2D eigenvalue weighted by molar-refractivity contribution is 5.69. The fraction of sp³-hybridized carbons (Fsp3) is 0.933. The maximum absolute atomic E-state index is 12.1. The molecule has 0 saturated carbocycles. The van der Waals surface area contributed by atoms with E-state index >= 15 is 0 Å². The molecule has 0 aromatic carbocycles. The van der Waals surface area contributed by atoms with Crippen LogP contribution < -0.4 is 0 Å². The summed E-state index contributed by atoms with van der Waals surface area (Å²) < 4.78 is 5.46. The van der Waals surface area contributed by atoms with E-state index in [0.717, 1.165) is 18.9 Å². The Bertz CT molecular complexity index is 283. The van der Waals surface area contributed by atoms with Crippen molar-refractivity contribution < 1.29 is 9.53 Å². The van der Waals surface area contributed by atoms with Crippen molar-refractivity contribution in [1.29, 1.82) is 0 Å². The highest BCUT2D eigenvalue weighted by Crippen LogP contribution is 2.31. The Morgan fingerprint density at radius 2 is 2.06 bits per heavy atom. The Morgan fingerprint density at radius 3 is 2.56 bits per heavy atom. The van der Waals surface area contributed by atoms with Gasteiger partial charge in [0.2, 0.25) is 0 Å². The van der Waals surface area contributed by atoms with Gasteiger partial charge in [-0.2, -0.15) is 0 Å². The van der Waals surface area contributed by atoms with Crippen molar-refractivity contribution in [1.82, 2.24) is 4.90 Å². The van der Waals surface area contributed by atoms with Crippen LogP contribution in [0.25, 0.3) is 0 Å². The molecular formula is C15H29NO2. The molecule has 0 aromatic rings. The number of nitrogens with zero attached hydrogens (tertiary/aromatic N) is 1. The molecule has 1 rings (SSSR count). The lowest BCUT2D eigenvalue weighted by molar-refractivity contribution is 0.0218. The predicted octanol–water partition coefficient (Wildman–Crippen LogP) is 4.07. The second kappa shape index (κ2) is 5.94. The second-order valence-corrected chi connectivity index (χ2v) is 6.71. The first-order chi connectivity index (χ1) is 8.24. The number of hydrogen-bond acceptors (Lipinski definition) is 2. The van der Waals surface area contributed by atoms with E-state index in [1.54, 1.807) is 0 Å². The summed E-state index contributed by atoms with van der Waals surface area (Å²) in [4.78, 5) is 14.0. The van der Waals surface area contributed by atoms with Gasteiger partial charge in [-0.05, 0) is 52.4 Å². The Labute approximate surface area is 112 Å². The molecule has 106 valence electrons. The molecule has 3 heteroatoms. The molecule has 0 N–H and O–H groups in total. The van der Waals surface area contributed by atoms with Crippen LogP contribution in [0.4, 0.5) is 4.79 Å². The van der Waals surface area contributed by atoms with Gasteiger partial charge in [0.25, 0.3) is 0 Å². The molecule has 1 aliphatic rings. The summed E-state index contributed by atoms with van der Waals surface area (Å²) in [5, 5.41) is 0. The molecule has 0 radical (unpaired) electrons. The molecule has 1 amide bonds. The van der Waals surface area contributed by atoms with E-state index in [1.165, 1.54) is 12.8 Å². The molecule has 1 aliphatic heterocycles. The Hall–Kier alpha value is -0.730. The molecular weight excluding hydrogens is 226 g/mol. The van der Waals surface area contributed by atoms with Crippen LogP contribution in [-0.2, 0) is 4.74 Å². The third kappa shape index (κ3) is 4.18. The molecule has 0 spiro atoms. The number of ether oxygens (including phenoxy) is 1. The van der Waals surface area contributed by atoms with Crippen molar-refractivity contribution in [2.75, 3.05) is 6.54 Å². The van der Waals surface area contributed by atoms with Gasteiger partial charge >= 0.3 is 6.09 Å². The van der Waals surface area contributed by atoms with Crippen molar-refractivity contribution in [3.8, 4) is 0 Å². The summed E-state index contributed by atoms with van der Waals surface area (Å²) in [6, 6.07) is 0.314. The van der Waals surface area contributed by atoms with E-state index in [-0.39, 0.29) is 6.09 Å². The van der Waals surface area contributed by atoms with Gasteiger partial charge in [-0.1, -0.05) is 20.3 Å². The second-order valence-electron chi connectivity index (χ2n) is 6.71. The lowest BCUT2D eigenvalue weighted by atomic mass is 9.89. The first-order valence-electron chi connectivity index (χ1n) is 7.24. The fourth-order valence-corrected chi connectivity index (χ4v) is 2.58. The summed E-state index contributed by atoms with van der Waals surface area (Å²) in [5.41, 5.74) is -0.397. The Morgan fingerprint density at radius 1 is 1.44 bits per heavy atom. The van der Waals surface area contributed by atoms with Gasteiger partial charge in [0.05, 0.1) is 0 Å². The SMILES string of the molecule is CCC(C)CC1CCN(C(=O)OC(C)(C)C)C1C. The van der Waals surface area contributed by atoms with Crippen LogP contribution in [0.3, 0.4) is 0 Å². The predicted molar refractivity (Wildman–Crippen MR) is 74.6 cm³/mol. The molecule has 3 atom stereocenters. The van der Waals surface area contributed by atoms with Gasteiger partial charge in [0.1, 0.15) is 5.60 Å². The lowest BCUT2D eigenvalue weighted by Crippen LogP contribution is -2.40. The minimum atomic E-state index is -0.397. The summed E-state index contributed by atoms with van der Waals surface area (Å²) >= 11 is 0. The fourth-order valence-electron chi connectivity index (χ4n) is 2.58. The van der Waals surface area contributed by atoms with Crippen LogP contribution in [0.1, 0.15) is 60.8 Å². The number of hydrogen-bond donors (Lipinski definition) is 0. The van der Waals surface area contributed by atoms with Crippen molar-refractivity contribution in [3.05, 3.63) is 0 Å². The maximum atomic E-state index is 12.1. The standard InChI is InChI=1S/C15H29NO2/c1-7-11(2)10-13-8-9-16(12(13)3)14(17)18-15(4,5)6/h11-13H,7-10H2,1-6H3. The normalized spacial score (nSPS) is 26.2. The third-order valence-electron chi connectivity index (χ3n) is 3.94. The van der Waals surface area contributed by atoms with E-state index in [4.69, 9.17) is 4.74 Å². The van der Waals surface area contributed by atoms with E-state index in [1.807, 2.05) is 25.7 Å². The zero-order valence-corrected chi connectivity index (χ0v) is 12.8. The first-order valence-corrected chi connectivity index (χ1v) is 7.24. The summed E-state index contributed by atoms with van der Waals surface area (Å²) in [6.45, 7) is 13.3. The zero-order valence-electron chi connectivity index (χ0n) is 12.8. The smallest absolute Gasteiger partial charge is 0.410 e. The van der Waals surface area contributed by atoms with E-state index < -0.39 is 5.60 Å². The minimum Gasteiger partial charge on any atom is -0.444 e. The average Bonchev–Trinajstić information content (AvgIpc) is 2.58. The highest BCUT2D eigenvalue weighted by Gasteiger charge is 2.36. The van der Waals surface area contributed by atoms with Crippen molar-refractivity contribution in [2.45, 2.75) is 72.4 Å². The summed E-state index contributed by atoms with van der Waals surface area (Å²) in [6.07, 6.45) is 3.40. The van der Waals surface area contributed by atoms with Crippen molar-refractivity contribution >= 4 is 6.09 Å². The third-order valence-corrected chi connectivity index (χ3v) is 3.94. The summed E-state index contributed by atoms with van der Waals surface area (Å²) in [7, 11) is 0. The van der Waals surface area contributed by atoms with Crippen LogP contribution in [0.2, 0.25) is 0 Å². The lowest BCUT2D eigenvalue weighted by Gasteiger charge is -2.29. The number of amides is 1. The van der Waals surface area contributed by atoms with Crippen LogP contribution in [0.5, 0.6) is 0 Å². The molecule has 0 bridgehead atoms. The van der Waals surface area contributed by atoms with Crippen LogP contribution in [0, 0.1) is 11.8 Å². The van der Waals surface area contributed by atoms with Crippen molar-refractivity contribution in [3.63, 3.8) is 0 Å². The molecule has 1 heterocycles. The monoisotopic (exact) mass is 255 g/mol. The molecule has 3 unspecified atom stereocenters. The quantitative estimate of drug-likeness (QED) is 0.761. The molecule has 0 aromatic heterocycles. The van der Waals surface area contributed by atoms with E-state index in [0.29, 0.717) is 12.0 Å². The van der Waals surface area contributed by atoms with Gasteiger partial charge in [0.15, 0.2) is 0 Å². The van der Waals surface area contributed by atoms with Gasteiger partial charge in [-0.3, -0.25) is 0 Å². The molecule has 3 nitrogen and oxygen atoms in total. The molecule has 0 aliphatic carbocycles. The summed E-state index contributed by atoms with van der Waals surface area (Å²) in [5.74, 6) is 1.38. The van der Waals surface area contributed by atoms with Crippen LogP contribution in [0.15, 0.2) is 0 Å². The van der Waals surface area contributed by atoms with Crippen molar-refractivity contribution in [2.24, 2.45) is 11.8 Å². The topological polar surface area (TPSA) is 29.5 Å². The molecule has 1 saturated heterocycles. The van der Waals surface area contributed by atoms with Crippen LogP contribution >= 0.6 is 0 Å². The number of carbonyl (C=O) groups is 1. The van der Waals surface area contributed by atoms with Gasteiger partial charge < -0.3 is 9.64 Å². The van der Waals surface area contributed by atoms with Gasteiger partial charge in [0, 0.05) is 12.6 Å². The number of carbonyl (C=O) groups excluding carboxylic acids is 1. The minimum absolute atomic E-state index is 0.151. The number of likely N-dealkylation sites (tertiary alicyclic amines) is 1. The van der Waals surface area contributed by atoms with E-state index in [2.05, 4.69) is 20.8 Å². The van der Waals surface area contributed by atoms with E-state index in [9.17, 15) is 4.79 Å². The van der Waals surface area contributed by atoms with Gasteiger partial charge in [-0.25, -0.2) is 4.79 Å². The zero-order chi connectivity index (χ0) is 13.9. The highest BCUT2D eigenvalue weighted by atomic mass is 16.6. The molecule has 18 heavy (non-hydrogen) atoms. The Balaban J connectivity index is 2.53.